The van der Waals surface area contributed by atoms with E-state index in [0.717, 1.165) is 31.4 Å². The molecular formula is C15H29NO3S. The highest BCUT2D eigenvalue weighted by Crippen LogP contribution is 2.27. The Morgan fingerprint density at radius 2 is 2.15 bits per heavy atom. The molecule has 1 fully saturated rings. The Hall–Kier alpha value is -0.260. The van der Waals surface area contributed by atoms with Gasteiger partial charge in [0.15, 0.2) is 0 Å². The Morgan fingerprint density at radius 3 is 2.65 bits per heavy atom. The molecule has 0 aromatic heterocycles. The van der Waals surface area contributed by atoms with Crippen molar-refractivity contribution in [2.45, 2.75) is 76.3 Å². The smallest absolute Gasteiger partial charge is 0.326 e. The van der Waals surface area contributed by atoms with E-state index in [1.807, 2.05) is 27.7 Å². The molecule has 0 aliphatic heterocycles. The van der Waals surface area contributed by atoms with Gasteiger partial charge in [0.25, 0.3) is 0 Å². The lowest BCUT2D eigenvalue weighted by Gasteiger charge is -2.29. The highest BCUT2D eigenvalue weighted by atomic mass is 32.2. The Balaban J connectivity index is 2.38. The Morgan fingerprint density at radius 1 is 1.50 bits per heavy atom. The minimum absolute atomic E-state index is 0.138. The molecule has 20 heavy (non-hydrogen) atoms. The number of carbonyl (C=O) groups excluding carboxylic acids is 1. The van der Waals surface area contributed by atoms with Crippen LogP contribution in [0.1, 0.15) is 53.4 Å². The van der Waals surface area contributed by atoms with Crippen LogP contribution in [-0.4, -0.2) is 46.4 Å². The van der Waals surface area contributed by atoms with Crippen LogP contribution in [0.5, 0.6) is 0 Å². The summed E-state index contributed by atoms with van der Waals surface area (Å²) in [6, 6.07) is 0.480. The molecule has 1 saturated carbocycles. The van der Waals surface area contributed by atoms with E-state index in [1.165, 1.54) is 0 Å². The van der Waals surface area contributed by atoms with Crippen molar-refractivity contribution in [3.63, 3.8) is 0 Å². The Bertz CT molecular complexity index is 307. The SMILES string of the molecule is CCOC(=O)C(C)(CCCSC(C)C(C)O)NC1CC1. The summed E-state index contributed by atoms with van der Waals surface area (Å²) in [5, 5.41) is 13.1. The predicted molar refractivity (Wildman–Crippen MR) is 84.0 cm³/mol. The van der Waals surface area contributed by atoms with E-state index < -0.39 is 5.54 Å². The third-order valence-corrected chi connectivity index (χ3v) is 5.15. The number of hydrogen-bond donors (Lipinski definition) is 2. The van der Waals surface area contributed by atoms with E-state index in [2.05, 4.69) is 5.32 Å². The zero-order valence-corrected chi connectivity index (χ0v) is 14.0. The predicted octanol–water partition coefficient (Wildman–Crippen LogP) is 2.34. The van der Waals surface area contributed by atoms with E-state index in [1.54, 1.807) is 11.8 Å². The van der Waals surface area contributed by atoms with Crippen LogP contribution in [0.15, 0.2) is 0 Å². The van der Waals surface area contributed by atoms with Crippen molar-refractivity contribution in [2.24, 2.45) is 0 Å². The molecule has 0 heterocycles. The van der Waals surface area contributed by atoms with Gasteiger partial charge < -0.3 is 9.84 Å². The Kier molecular flexibility index (Phi) is 7.34. The number of aliphatic hydroxyl groups excluding tert-OH is 1. The largest absolute Gasteiger partial charge is 0.465 e. The van der Waals surface area contributed by atoms with Crippen LogP contribution in [0.25, 0.3) is 0 Å². The van der Waals surface area contributed by atoms with Gasteiger partial charge >= 0.3 is 5.97 Å². The monoisotopic (exact) mass is 303 g/mol. The quantitative estimate of drug-likeness (QED) is 0.479. The second-order valence-electron chi connectivity index (χ2n) is 5.89. The molecule has 0 bridgehead atoms. The first kappa shape index (κ1) is 17.8. The van der Waals surface area contributed by atoms with Gasteiger partial charge in [-0.25, -0.2) is 0 Å². The maximum Gasteiger partial charge on any atom is 0.326 e. The first-order valence-electron chi connectivity index (χ1n) is 7.63. The molecule has 0 radical (unpaired) electrons. The van der Waals surface area contributed by atoms with Crippen molar-refractivity contribution < 1.29 is 14.6 Å². The third kappa shape index (κ3) is 6.02. The summed E-state index contributed by atoms with van der Waals surface area (Å²) >= 11 is 1.75. The maximum absolute atomic E-state index is 12.1. The van der Waals surface area contributed by atoms with Gasteiger partial charge in [-0.2, -0.15) is 11.8 Å². The zero-order chi connectivity index (χ0) is 15.2. The average molecular weight is 303 g/mol. The van der Waals surface area contributed by atoms with E-state index in [0.29, 0.717) is 12.6 Å². The molecule has 0 amide bonds. The lowest BCUT2D eigenvalue weighted by Crippen LogP contribution is -2.51. The summed E-state index contributed by atoms with van der Waals surface area (Å²) in [6.45, 7) is 8.06. The molecule has 118 valence electrons. The minimum atomic E-state index is -0.564. The number of aliphatic hydroxyl groups is 1. The number of esters is 1. The van der Waals surface area contributed by atoms with Crippen molar-refractivity contribution in [1.29, 1.82) is 0 Å². The van der Waals surface area contributed by atoms with E-state index in [9.17, 15) is 9.90 Å². The number of carbonyl (C=O) groups is 1. The van der Waals surface area contributed by atoms with Crippen LogP contribution in [0.3, 0.4) is 0 Å². The number of ether oxygens (including phenoxy) is 1. The first-order chi connectivity index (χ1) is 9.39. The fraction of sp³-hybridized carbons (Fsp3) is 0.933. The van der Waals surface area contributed by atoms with Gasteiger partial charge in [0.2, 0.25) is 0 Å². The van der Waals surface area contributed by atoms with Crippen molar-refractivity contribution in [2.75, 3.05) is 12.4 Å². The summed E-state index contributed by atoms with van der Waals surface area (Å²) in [7, 11) is 0. The molecule has 0 saturated heterocycles. The second-order valence-corrected chi connectivity index (χ2v) is 7.38. The molecule has 0 aromatic carbocycles. The van der Waals surface area contributed by atoms with Gasteiger partial charge in [-0.3, -0.25) is 10.1 Å². The molecular weight excluding hydrogens is 274 g/mol. The van der Waals surface area contributed by atoms with Gasteiger partial charge in [0.05, 0.1) is 12.7 Å². The number of rotatable bonds is 10. The summed E-state index contributed by atoms with van der Waals surface area (Å²) in [5.74, 6) is 0.813. The molecule has 3 unspecified atom stereocenters. The maximum atomic E-state index is 12.1. The molecule has 4 nitrogen and oxygen atoms in total. The van der Waals surface area contributed by atoms with Gasteiger partial charge in [-0.1, -0.05) is 6.92 Å². The van der Waals surface area contributed by atoms with E-state index >= 15 is 0 Å². The molecule has 1 aliphatic rings. The highest BCUT2D eigenvalue weighted by Gasteiger charge is 2.39. The first-order valence-corrected chi connectivity index (χ1v) is 8.68. The number of nitrogens with one attached hydrogen (secondary N) is 1. The highest BCUT2D eigenvalue weighted by molar-refractivity contribution is 7.99. The molecule has 1 aliphatic carbocycles. The summed E-state index contributed by atoms with van der Waals surface area (Å²) in [5.41, 5.74) is -0.564. The van der Waals surface area contributed by atoms with Crippen molar-refractivity contribution in [1.82, 2.24) is 5.32 Å². The van der Waals surface area contributed by atoms with E-state index in [4.69, 9.17) is 4.74 Å². The summed E-state index contributed by atoms with van der Waals surface area (Å²) in [4.78, 5) is 12.1. The minimum Gasteiger partial charge on any atom is -0.465 e. The van der Waals surface area contributed by atoms with Gasteiger partial charge in [0, 0.05) is 11.3 Å². The van der Waals surface area contributed by atoms with Crippen molar-refractivity contribution >= 4 is 17.7 Å². The van der Waals surface area contributed by atoms with E-state index in [-0.39, 0.29) is 17.3 Å². The van der Waals surface area contributed by atoms with Crippen LogP contribution in [-0.2, 0) is 9.53 Å². The van der Waals surface area contributed by atoms with Gasteiger partial charge in [0.1, 0.15) is 5.54 Å². The lowest BCUT2D eigenvalue weighted by atomic mass is 9.96. The second kappa shape index (κ2) is 8.25. The van der Waals surface area contributed by atoms with Gasteiger partial charge in [-0.15, -0.1) is 0 Å². The molecule has 5 heteroatoms. The fourth-order valence-electron chi connectivity index (χ4n) is 2.04. The van der Waals surface area contributed by atoms with Crippen LogP contribution in [0.4, 0.5) is 0 Å². The number of thioether (sulfide) groups is 1. The average Bonchev–Trinajstić information content (AvgIpc) is 3.18. The van der Waals surface area contributed by atoms with Crippen LogP contribution in [0, 0.1) is 0 Å². The fourth-order valence-corrected chi connectivity index (χ4v) is 3.00. The molecule has 0 aromatic rings. The topological polar surface area (TPSA) is 58.6 Å². The Labute approximate surface area is 127 Å². The van der Waals surface area contributed by atoms with Crippen LogP contribution < -0.4 is 5.32 Å². The standard InChI is InChI=1S/C15H29NO3S/c1-5-19-14(18)15(4,16-13-7-8-13)9-6-10-20-12(3)11(2)17/h11-13,16-17H,5-10H2,1-4H3. The molecule has 3 atom stereocenters. The van der Waals surface area contributed by atoms with Crippen molar-refractivity contribution in [3.8, 4) is 0 Å². The molecule has 1 rings (SSSR count). The third-order valence-electron chi connectivity index (χ3n) is 3.71. The van der Waals surface area contributed by atoms with Crippen molar-refractivity contribution in [3.05, 3.63) is 0 Å². The molecule has 2 N–H and O–H groups in total. The normalized spacial score (nSPS) is 21.1. The summed E-state index contributed by atoms with van der Waals surface area (Å²) < 4.78 is 5.20. The van der Waals surface area contributed by atoms with Gasteiger partial charge in [-0.05, 0) is 52.2 Å². The van der Waals surface area contributed by atoms with Crippen LogP contribution in [0.2, 0.25) is 0 Å². The number of hydrogen-bond acceptors (Lipinski definition) is 5. The summed E-state index contributed by atoms with van der Waals surface area (Å²) in [6.07, 6.45) is 3.74. The molecule has 0 spiro atoms. The zero-order valence-electron chi connectivity index (χ0n) is 13.1. The lowest BCUT2D eigenvalue weighted by molar-refractivity contribution is -0.151. The van der Waals surface area contributed by atoms with Crippen LogP contribution >= 0.6 is 11.8 Å².